The van der Waals surface area contributed by atoms with Gasteiger partial charge in [0.15, 0.2) is 0 Å². The molecule has 0 radical (unpaired) electrons. The smallest absolute Gasteiger partial charge is 0.129 e. The van der Waals surface area contributed by atoms with E-state index in [4.69, 9.17) is 4.74 Å². The fourth-order valence-corrected chi connectivity index (χ4v) is 6.19. The molecule has 0 spiro atoms. The zero-order chi connectivity index (χ0) is 24.6. The molecule has 0 amide bonds. The quantitative estimate of drug-likeness (QED) is 0.390. The molecule has 1 saturated carbocycles. The fraction of sp³-hybridized carbons (Fsp3) is 0.778. The molecule has 1 heterocycles. The van der Waals surface area contributed by atoms with Gasteiger partial charge in [-0.15, -0.1) is 0 Å². The molecule has 0 aromatic heterocycles. The van der Waals surface area contributed by atoms with Gasteiger partial charge in [0.25, 0.3) is 0 Å². The summed E-state index contributed by atoms with van der Waals surface area (Å²) in [7, 11) is 3.53. The van der Waals surface area contributed by atoms with Crippen molar-refractivity contribution in [3.63, 3.8) is 0 Å². The Morgan fingerprint density at radius 2 is 1.91 bits per heavy atom. The Hall–Kier alpha value is -1.12. The maximum atomic E-state index is 14.9. The van der Waals surface area contributed by atoms with E-state index in [0.717, 1.165) is 69.7 Å². The SMILES string of the molecule is CNC[C@H]([C@@H](O)C1CCCCC1)N1CCCC([C@@](O)(CCCCOC)c2cc(F)ccc2F)C1. The zero-order valence-electron chi connectivity index (χ0n) is 20.9. The lowest BCUT2D eigenvalue weighted by molar-refractivity contribution is -0.0847. The average Bonchev–Trinajstić information content (AvgIpc) is 2.86. The molecule has 1 aromatic rings. The largest absolute Gasteiger partial charge is 0.391 e. The molecule has 1 aliphatic carbocycles. The van der Waals surface area contributed by atoms with Gasteiger partial charge in [-0.2, -0.15) is 0 Å². The van der Waals surface area contributed by atoms with Gasteiger partial charge in [-0.05, 0) is 82.7 Å². The summed E-state index contributed by atoms with van der Waals surface area (Å²) in [5.41, 5.74) is -1.42. The summed E-state index contributed by atoms with van der Waals surface area (Å²) in [5, 5.41) is 26.6. The first kappa shape index (κ1) is 27.5. The topological polar surface area (TPSA) is 65.0 Å². The van der Waals surface area contributed by atoms with Crippen molar-refractivity contribution in [3.05, 3.63) is 35.4 Å². The highest BCUT2D eigenvalue weighted by Gasteiger charge is 2.44. The Bertz CT molecular complexity index is 747. The van der Waals surface area contributed by atoms with Crippen LogP contribution in [0.1, 0.15) is 69.8 Å². The third-order valence-electron chi connectivity index (χ3n) is 8.09. The van der Waals surface area contributed by atoms with Crippen LogP contribution in [0.3, 0.4) is 0 Å². The van der Waals surface area contributed by atoms with Gasteiger partial charge in [0.05, 0.1) is 11.7 Å². The van der Waals surface area contributed by atoms with Gasteiger partial charge in [0.2, 0.25) is 0 Å². The van der Waals surface area contributed by atoms with Crippen LogP contribution in [0.25, 0.3) is 0 Å². The fourth-order valence-electron chi connectivity index (χ4n) is 6.19. The van der Waals surface area contributed by atoms with Gasteiger partial charge < -0.3 is 20.3 Å². The predicted octanol–water partition coefficient (Wildman–Crippen LogP) is 4.21. The van der Waals surface area contributed by atoms with E-state index in [-0.39, 0.29) is 17.5 Å². The normalized spacial score (nSPS) is 24.0. The maximum absolute atomic E-state index is 14.9. The van der Waals surface area contributed by atoms with E-state index in [2.05, 4.69) is 10.2 Å². The van der Waals surface area contributed by atoms with Crippen molar-refractivity contribution in [2.24, 2.45) is 11.8 Å². The number of aliphatic hydroxyl groups excluding tert-OH is 1. The van der Waals surface area contributed by atoms with Gasteiger partial charge in [-0.1, -0.05) is 19.3 Å². The first-order chi connectivity index (χ1) is 16.4. The van der Waals surface area contributed by atoms with Crippen LogP contribution in [0.15, 0.2) is 18.2 Å². The molecule has 2 fully saturated rings. The van der Waals surface area contributed by atoms with Crippen LogP contribution in [-0.2, 0) is 10.3 Å². The number of hydrogen-bond donors (Lipinski definition) is 3. The van der Waals surface area contributed by atoms with Crippen LogP contribution < -0.4 is 5.32 Å². The predicted molar refractivity (Wildman–Crippen MR) is 131 cm³/mol. The van der Waals surface area contributed by atoms with Crippen LogP contribution in [-0.4, -0.2) is 67.7 Å². The van der Waals surface area contributed by atoms with Crippen LogP contribution >= 0.6 is 0 Å². The second-order valence-electron chi connectivity index (χ2n) is 10.3. The molecule has 0 bridgehead atoms. The molecule has 1 saturated heterocycles. The lowest BCUT2D eigenvalue weighted by Crippen LogP contribution is -2.57. The minimum absolute atomic E-state index is 0.0507. The standard InChI is InChI=1S/C27H44F2N2O3/c1-30-18-25(26(32)20-9-4-3-5-10-20)31-15-8-11-21(19-31)27(33,14-6-7-16-34-2)23-17-22(28)12-13-24(23)29/h12-13,17,20-21,25-26,30,32-33H,3-11,14-16,18-19H2,1-2H3/t21?,25-,26+,27+/m1/s1. The molecular formula is C27H44F2N2O3. The molecule has 1 unspecified atom stereocenters. The lowest BCUT2D eigenvalue weighted by Gasteiger charge is -2.47. The number of aliphatic hydroxyl groups is 2. The van der Waals surface area contributed by atoms with Crippen molar-refractivity contribution in [1.29, 1.82) is 0 Å². The molecule has 3 rings (SSSR count). The summed E-state index contributed by atoms with van der Waals surface area (Å²) in [4.78, 5) is 2.28. The van der Waals surface area contributed by atoms with Crippen molar-refractivity contribution in [1.82, 2.24) is 10.2 Å². The highest BCUT2D eigenvalue weighted by molar-refractivity contribution is 5.27. The Kier molecular flexibility index (Phi) is 10.7. The van der Waals surface area contributed by atoms with Crippen molar-refractivity contribution in [2.45, 2.75) is 82.0 Å². The maximum Gasteiger partial charge on any atom is 0.129 e. The van der Waals surface area contributed by atoms with Gasteiger partial charge in [0.1, 0.15) is 11.6 Å². The number of benzene rings is 1. The van der Waals surface area contributed by atoms with E-state index >= 15 is 0 Å². The third-order valence-corrected chi connectivity index (χ3v) is 8.09. The van der Waals surface area contributed by atoms with Crippen LogP contribution in [0, 0.1) is 23.5 Å². The summed E-state index contributed by atoms with van der Waals surface area (Å²) in [6.07, 6.45) is 8.56. The molecule has 2 aliphatic rings. The molecule has 34 heavy (non-hydrogen) atoms. The van der Waals surface area contributed by atoms with Gasteiger partial charge in [0, 0.05) is 44.3 Å². The molecular weight excluding hydrogens is 438 g/mol. The number of ether oxygens (including phenoxy) is 1. The second kappa shape index (κ2) is 13.3. The van der Waals surface area contributed by atoms with E-state index in [9.17, 15) is 19.0 Å². The number of hydrogen-bond acceptors (Lipinski definition) is 5. The summed E-state index contributed by atoms with van der Waals surface area (Å²) < 4.78 is 34.2. The van der Waals surface area contributed by atoms with Gasteiger partial charge in [-0.3, -0.25) is 4.90 Å². The highest BCUT2D eigenvalue weighted by atomic mass is 19.1. The number of halogens is 2. The molecule has 194 valence electrons. The van der Waals surface area contributed by atoms with Crippen LogP contribution in [0.4, 0.5) is 8.78 Å². The number of nitrogens with one attached hydrogen (secondary N) is 1. The van der Waals surface area contributed by atoms with E-state index in [0.29, 0.717) is 38.5 Å². The average molecular weight is 483 g/mol. The Morgan fingerprint density at radius 1 is 1.15 bits per heavy atom. The lowest BCUT2D eigenvalue weighted by atomic mass is 9.73. The molecule has 4 atom stereocenters. The van der Waals surface area contributed by atoms with Gasteiger partial charge >= 0.3 is 0 Å². The summed E-state index contributed by atoms with van der Waals surface area (Å²) in [5.74, 6) is -1.07. The third kappa shape index (κ3) is 6.76. The Labute approximate surface area is 203 Å². The van der Waals surface area contributed by atoms with E-state index in [1.54, 1.807) is 7.11 Å². The highest BCUT2D eigenvalue weighted by Crippen LogP contribution is 2.42. The molecule has 7 heteroatoms. The summed E-state index contributed by atoms with van der Waals surface area (Å²) in [6, 6.07) is 3.31. The number of piperidine rings is 1. The number of methoxy groups -OCH3 is 1. The molecule has 3 N–H and O–H groups in total. The first-order valence-electron chi connectivity index (χ1n) is 13.1. The van der Waals surface area contributed by atoms with Crippen LogP contribution in [0.5, 0.6) is 0 Å². The van der Waals surface area contributed by atoms with Crippen LogP contribution in [0.2, 0.25) is 0 Å². The monoisotopic (exact) mass is 482 g/mol. The second-order valence-corrected chi connectivity index (χ2v) is 10.3. The van der Waals surface area contributed by atoms with E-state index in [1.807, 2.05) is 7.05 Å². The van der Waals surface area contributed by atoms with E-state index in [1.165, 1.54) is 6.42 Å². The Balaban J connectivity index is 1.83. The number of rotatable bonds is 12. The van der Waals surface area contributed by atoms with E-state index < -0.39 is 23.3 Å². The molecule has 1 aromatic carbocycles. The minimum atomic E-state index is -1.47. The van der Waals surface area contributed by atoms with Crippen molar-refractivity contribution in [3.8, 4) is 0 Å². The Morgan fingerprint density at radius 3 is 2.62 bits per heavy atom. The summed E-state index contributed by atoms with van der Waals surface area (Å²) in [6.45, 7) is 2.60. The van der Waals surface area contributed by atoms with Gasteiger partial charge in [-0.25, -0.2) is 8.78 Å². The molecule has 1 aliphatic heterocycles. The summed E-state index contributed by atoms with van der Waals surface area (Å²) >= 11 is 0. The number of likely N-dealkylation sites (tertiary alicyclic amines) is 1. The number of unbranched alkanes of at least 4 members (excludes halogenated alkanes) is 1. The first-order valence-corrected chi connectivity index (χ1v) is 13.1. The van der Waals surface area contributed by atoms with Crippen molar-refractivity contribution < 1.29 is 23.7 Å². The van der Waals surface area contributed by atoms with Crippen molar-refractivity contribution >= 4 is 0 Å². The minimum Gasteiger partial charge on any atom is -0.391 e. The van der Waals surface area contributed by atoms with Crippen molar-refractivity contribution in [2.75, 3.05) is 40.4 Å². The molecule has 5 nitrogen and oxygen atoms in total. The number of nitrogens with zero attached hydrogens (tertiary/aromatic N) is 1. The zero-order valence-corrected chi connectivity index (χ0v) is 20.9. The number of likely N-dealkylation sites (N-methyl/N-ethyl adjacent to an activating group) is 1.